The zero-order valence-electron chi connectivity index (χ0n) is 17.5. The molecule has 0 bridgehead atoms. The van der Waals surface area contributed by atoms with Crippen molar-refractivity contribution in [1.29, 1.82) is 0 Å². The minimum Gasteiger partial charge on any atom is -0.444 e. The summed E-state index contributed by atoms with van der Waals surface area (Å²) in [4.78, 5) is 24.5. The number of oxazole rings is 1. The Balaban J connectivity index is 1.52. The quantitative estimate of drug-likeness (QED) is 0.629. The summed E-state index contributed by atoms with van der Waals surface area (Å²) in [5.41, 5.74) is 7.80. The summed E-state index contributed by atoms with van der Waals surface area (Å²) in [5.74, 6) is 1.64. The van der Waals surface area contributed by atoms with Gasteiger partial charge in [0.15, 0.2) is 11.7 Å². The van der Waals surface area contributed by atoms with Crippen LogP contribution in [0.15, 0.2) is 39.9 Å². The molecule has 1 saturated heterocycles. The molecule has 8 heteroatoms. The maximum Gasteiger partial charge on any atom is 0.410 e. The third kappa shape index (κ3) is 5.73. The number of benzene rings is 1. The van der Waals surface area contributed by atoms with E-state index in [9.17, 15) is 4.79 Å². The fourth-order valence-electron chi connectivity index (χ4n) is 2.93. The highest BCUT2D eigenvalue weighted by atomic mass is 16.6. The van der Waals surface area contributed by atoms with Gasteiger partial charge in [0.05, 0.1) is 6.20 Å². The highest BCUT2D eigenvalue weighted by molar-refractivity contribution is 5.78. The number of piperazine rings is 1. The third-order valence-corrected chi connectivity index (χ3v) is 4.52. The van der Waals surface area contributed by atoms with E-state index >= 15 is 0 Å². The monoisotopic (exact) mass is 399 g/mol. The van der Waals surface area contributed by atoms with Crippen molar-refractivity contribution in [3.63, 3.8) is 0 Å². The molecule has 0 aliphatic carbocycles. The average molecular weight is 399 g/mol. The lowest BCUT2D eigenvalue weighted by molar-refractivity contribution is 0.0186. The van der Waals surface area contributed by atoms with E-state index in [0.717, 1.165) is 5.56 Å². The van der Waals surface area contributed by atoms with Gasteiger partial charge < -0.3 is 24.7 Å². The van der Waals surface area contributed by atoms with E-state index in [2.05, 4.69) is 9.98 Å². The number of hydrogen-bond acceptors (Lipinski definition) is 5. The van der Waals surface area contributed by atoms with Crippen LogP contribution in [0.1, 0.15) is 32.2 Å². The van der Waals surface area contributed by atoms with Gasteiger partial charge in [0.1, 0.15) is 12.1 Å². The highest BCUT2D eigenvalue weighted by Crippen LogP contribution is 2.21. The van der Waals surface area contributed by atoms with Crippen LogP contribution in [0.3, 0.4) is 0 Å². The number of aliphatic imine (C=N–C) groups is 1. The Kier molecular flexibility index (Phi) is 6.10. The molecule has 2 N–H and O–H groups in total. The van der Waals surface area contributed by atoms with E-state index in [-0.39, 0.29) is 12.6 Å². The Bertz CT molecular complexity index is 859. The molecule has 0 spiro atoms. The number of guanidine groups is 1. The molecule has 0 atom stereocenters. The molecule has 8 nitrogen and oxygen atoms in total. The standard InChI is InChI=1S/C21H29N5O3/c1-15-5-7-16(8-6-15)17-13-23-18(28-17)14-24-19(22)25-9-11-26(12-10-25)20(27)29-21(2,3)4/h5-8,13H,9-12,14H2,1-4H3,(H2,22,24). The topological polar surface area (TPSA) is 97.2 Å². The first-order valence-electron chi connectivity index (χ1n) is 9.76. The van der Waals surface area contributed by atoms with Crippen LogP contribution < -0.4 is 5.73 Å². The molecule has 1 aliphatic heterocycles. The molecule has 0 saturated carbocycles. The summed E-state index contributed by atoms with van der Waals surface area (Å²) in [6, 6.07) is 8.07. The van der Waals surface area contributed by atoms with Crippen LogP contribution in [-0.2, 0) is 11.3 Å². The van der Waals surface area contributed by atoms with E-state index < -0.39 is 5.60 Å². The van der Waals surface area contributed by atoms with Crippen molar-refractivity contribution in [1.82, 2.24) is 14.8 Å². The van der Waals surface area contributed by atoms with Gasteiger partial charge >= 0.3 is 6.09 Å². The molecule has 1 aromatic carbocycles. The molecule has 0 unspecified atom stereocenters. The largest absolute Gasteiger partial charge is 0.444 e. The predicted octanol–water partition coefficient (Wildman–Crippen LogP) is 3.02. The van der Waals surface area contributed by atoms with Crippen LogP contribution >= 0.6 is 0 Å². The van der Waals surface area contributed by atoms with Crippen molar-refractivity contribution in [3.8, 4) is 11.3 Å². The van der Waals surface area contributed by atoms with Crippen LogP contribution in [0.4, 0.5) is 4.79 Å². The summed E-state index contributed by atoms with van der Waals surface area (Å²) in [5, 5.41) is 0. The second-order valence-corrected chi connectivity index (χ2v) is 8.11. The molecule has 29 heavy (non-hydrogen) atoms. The van der Waals surface area contributed by atoms with E-state index in [0.29, 0.717) is 43.8 Å². The van der Waals surface area contributed by atoms with Crippen LogP contribution in [0.25, 0.3) is 11.3 Å². The molecular weight excluding hydrogens is 370 g/mol. The second kappa shape index (κ2) is 8.55. The molecule has 1 aromatic heterocycles. The van der Waals surface area contributed by atoms with Gasteiger partial charge in [0.2, 0.25) is 5.89 Å². The Labute approximate surface area is 171 Å². The zero-order chi connectivity index (χ0) is 21.0. The first-order chi connectivity index (χ1) is 13.7. The number of carbonyl (C=O) groups is 1. The van der Waals surface area contributed by atoms with Gasteiger partial charge in [-0.15, -0.1) is 0 Å². The number of rotatable bonds is 3. The van der Waals surface area contributed by atoms with Gasteiger partial charge in [-0.1, -0.05) is 29.8 Å². The van der Waals surface area contributed by atoms with Crippen molar-refractivity contribution in [2.75, 3.05) is 26.2 Å². The first kappa shape index (κ1) is 20.7. The fourth-order valence-corrected chi connectivity index (χ4v) is 2.93. The minimum absolute atomic E-state index is 0.268. The summed E-state index contributed by atoms with van der Waals surface area (Å²) in [6.07, 6.45) is 1.40. The molecule has 2 aromatic rings. The lowest BCUT2D eigenvalue weighted by Crippen LogP contribution is -2.53. The fraction of sp³-hybridized carbons (Fsp3) is 0.476. The molecule has 0 radical (unpaired) electrons. The third-order valence-electron chi connectivity index (χ3n) is 4.52. The van der Waals surface area contributed by atoms with Crippen molar-refractivity contribution < 1.29 is 13.9 Å². The van der Waals surface area contributed by atoms with E-state index in [4.69, 9.17) is 14.9 Å². The van der Waals surface area contributed by atoms with Crippen LogP contribution in [0.5, 0.6) is 0 Å². The predicted molar refractivity (Wildman–Crippen MR) is 111 cm³/mol. The number of carbonyl (C=O) groups excluding carboxylic acids is 1. The van der Waals surface area contributed by atoms with Gasteiger partial charge in [0, 0.05) is 31.7 Å². The van der Waals surface area contributed by atoms with E-state index in [1.165, 1.54) is 5.56 Å². The average Bonchev–Trinajstić information content (AvgIpc) is 3.14. The smallest absolute Gasteiger partial charge is 0.410 e. The Morgan fingerprint density at radius 2 is 1.79 bits per heavy atom. The molecular formula is C21H29N5O3. The van der Waals surface area contributed by atoms with Crippen molar-refractivity contribution in [2.45, 2.75) is 39.8 Å². The number of nitrogens with zero attached hydrogens (tertiary/aromatic N) is 4. The van der Waals surface area contributed by atoms with Gasteiger partial charge in [-0.2, -0.15) is 0 Å². The maximum absolute atomic E-state index is 12.1. The van der Waals surface area contributed by atoms with Crippen LogP contribution in [0, 0.1) is 6.92 Å². The number of hydrogen-bond donors (Lipinski definition) is 1. The second-order valence-electron chi connectivity index (χ2n) is 8.11. The molecule has 1 fully saturated rings. The lowest BCUT2D eigenvalue weighted by Gasteiger charge is -2.36. The Morgan fingerprint density at radius 3 is 2.41 bits per heavy atom. The van der Waals surface area contributed by atoms with Crippen molar-refractivity contribution in [3.05, 3.63) is 41.9 Å². The number of nitrogens with two attached hydrogens (primary N) is 1. The number of ether oxygens (including phenoxy) is 1. The summed E-state index contributed by atoms with van der Waals surface area (Å²) in [7, 11) is 0. The maximum atomic E-state index is 12.1. The molecule has 156 valence electrons. The Morgan fingerprint density at radius 1 is 1.17 bits per heavy atom. The van der Waals surface area contributed by atoms with Crippen molar-refractivity contribution in [2.24, 2.45) is 10.7 Å². The Hall–Kier alpha value is -3.03. The van der Waals surface area contributed by atoms with Gasteiger partial charge in [-0.25, -0.2) is 14.8 Å². The van der Waals surface area contributed by atoms with Gasteiger partial charge in [-0.3, -0.25) is 0 Å². The summed E-state index contributed by atoms with van der Waals surface area (Å²) < 4.78 is 11.2. The van der Waals surface area contributed by atoms with Gasteiger partial charge in [-0.05, 0) is 27.7 Å². The summed E-state index contributed by atoms with van der Waals surface area (Å²) >= 11 is 0. The summed E-state index contributed by atoms with van der Waals surface area (Å²) in [6.45, 7) is 10.2. The lowest BCUT2D eigenvalue weighted by atomic mass is 10.1. The van der Waals surface area contributed by atoms with E-state index in [1.54, 1.807) is 11.1 Å². The highest BCUT2D eigenvalue weighted by Gasteiger charge is 2.26. The number of aromatic nitrogens is 1. The zero-order valence-corrected chi connectivity index (χ0v) is 17.5. The minimum atomic E-state index is -0.498. The number of aryl methyl sites for hydroxylation is 1. The molecule has 1 amide bonds. The molecule has 3 rings (SSSR count). The van der Waals surface area contributed by atoms with Crippen molar-refractivity contribution >= 4 is 12.1 Å². The number of amides is 1. The molecule has 1 aliphatic rings. The SMILES string of the molecule is Cc1ccc(-c2cnc(CN=C(N)N3CCN(C(=O)OC(C)(C)C)CC3)o2)cc1. The normalized spacial score (nSPS) is 15.5. The van der Waals surface area contributed by atoms with Crippen LogP contribution in [0.2, 0.25) is 0 Å². The molecule has 2 heterocycles. The van der Waals surface area contributed by atoms with E-state index in [1.807, 2.05) is 56.9 Å². The van der Waals surface area contributed by atoms with Crippen LogP contribution in [-0.4, -0.2) is 58.6 Å². The first-order valence-corrected chi connectivity index (χ1v) is 9.76. The van der Waals surface area contributed by atoms with Gasteiger partial charge in [0.25, 0.3) is 0 Å².